The van der Waals surface area contributed by atoms with Crippen LogP contribution in [-0.4, -0.2) is 5.78 Å². The summed E-state index contributed by atoms with van der Waals surface area (Å²) >= 11 is 0. The number of carbonyl (C=O) groups excluding carboxylic acids is 1. The smallest absolute Gasteiger partial charge is 0.0270 e. The minimum Gasteiger partial charge on any atom is -0.346 e. The molecule has 1 nitrogen and oxygen atoms in total. The zero-order valence-electron chi connectivity index (χ0n) is 14.0. The third-order valence-corrected chi connectivity index (χ3v) is 3.95. The SMILES string of the molecule is C[C-](C)C(=O)c1ccc(C2CCCCC2)cc1.[CH2-]CC[CH2-].[Os]. The van der Waals surface area contributed by atoms with Crippen LogP contribution in [-0.2, 0) is 19.8 Å². The summed E-state index contributed by atoms with van der Waals surface area (Å²) in [5.74, 6) is 1.75. The van der Waals surface area contributed by atoms with E-state index >= 15 is 0 Å². The number of carbonyl (C=O) groups is 1. The first kappa shape index (κ1) is 21.4. The van der Waals surface area contributed by atoms with Gasteiger partial charge in [-0.25, -0.2) is 12.8 Å². The molecule has 0 amide bonds. The van der Waals surface area contributed by atoms with Crippen molar-refractivity contribution in [3.63, 3.8) is 0 Å². The summed E-state index contributed by atoms with van der Waals surface area (Å²) in [5.41, 5.74) is 2.24. The Kier molecular flexibility index (Phi) is 11.6. The molecule has 0 heterocycles. The van der Waals surface area contributed by atoms with Gasteiger partial charge in [0.25, 0.3) is 0 Å². The van der Waals surface area contributed by atoms with Crippen LogP contribution in [0, 0.1) is 19.8 Å². The maximum Gasteiger partial charge on any atom is 0.0270 e. The van der Waals surface area contributed by atoms with Gasteiger partial charge in [0.2, 0.25) is 0 Å². The summed E-state index contributed by atoms with van der Waals surface area (Å²) in [6, 6.07) is 8.26. The average Bonchev–Trinajstić information content (AvgIpc) is 2.55. The second kappa shape index (κ2) is 11.9. The maximum atomic E-state index is 11.8. The number of benzene rings is 1. The van der Waals surface area contributed by atoms with Crippen molar-refractivity contribution in [2.75, 3.05) is 0 Å². The molecule has 126 valence electrons. The molecule has 0 atom stereocenters. The molecule has 22 heavy (non-hydrogen) atoms. The van der Waals surface area contributed by atoms with Crippen LogP contribution in [0.1, 0.15) is 80.6 Å². The van der Waals surface area contributed by atoms with Gasteiger partial charge in [-0.1, -0.05) is 31.4 Å². The summed E-state index contributed by atoms with van der Waals surface area (Å²) in [6.07, 6.45) is 8.63. The summed E-state index contributed by atoms with van der Waals surface area (Å²) in [7, 11) is 0. The second-order valence-electron chi connectivity index (χ2n) is 5.99. The molecular formula is C20H29OOs-3. The number of hydrogen-bond acceptors (Lipinski definition) is 1. The molecule has 1 aromatic rings. The third kappa shape index (κ3) is 7.10. The molecule has 2 rings (SSSR count). The zero-order chi connectivity index (χ0) is 15.7. The van der Waals surface area contributed by atoms with Crippen LogP contribution in [0.4, 0.5) is 0 Å². The molecule has 1 aliphatic rings. The zero-order valence-corrected chi connectivity index (χ0v) is 16.6. The van der Waals surface area contributed by atoms with Gasteiger partial charge < -0.3 is 18.6 Å². The van der Waals surface area contributed by atoms with Gasteiger partial charge in [-0.3, -0.25) is 0 Å². The fourth-order valence-electron chi connectivity index (χ4n) is 2.63. The maximum absolute atomic E-state index is 11.8. The number of unbranched alkanes of at least 4 members (excludes halogenated alkanes) is 1. The molecule has 2 heteroatoms. The van der Waals surface area contributed by atoms with Crippen LogP contribution in [0.2, 0.25) is 0 Å². The molecule has 0 aliphatic heterocycles. The Morgan fingerprint density at radius 1 is 1.05 bits per heavy atom. The molecule has 1 fully saturated rings. The molecular weight excluding hydrogens is 446 g/mol. The molecule has 0 bridgehead atoms. The topological polar surface area (TPSA) is 17.1 Å². The van der Waals surface area contributed by atoms with E-state index in [0.717, 1.165) is 30.2 Å². The molecule has 1 saturated carbocycles. The Balaban J connectivity index is 0.000000791. The van der Waals surface area contributed by atoms with E-state index in [2.05, 4.69) is 26.0 Å². The molecule has 0 radical (unpaired) electrons. The van der Waals surface area contributed by atoms with Gasteiger partial charge in [-0.2, -0.15) is 5.92 Å². The largest absolute Gasteiger partial charge is 0.346 e. The molecule has 0 N–H and O–H groups in total. The van der Waals surface area contributed by atoms with Gasteiger partial charge >= 0.3 is 0 Å². The first-order valence-corrected chi connectivity index (χ1v) is 8.13. The average molecular weight is 476 g/mol. The van der Waals surface area contributed by atoms with Gasteiger partial charge in [-0.15, -0.1) is 31.5 Å². The third-order valence-electron chi connectivity index (χ3n) is 3.95. The van der Waals surface area contributed by atoms with Gasteiger partial charge in [0.15, 0.2) is 0 Å². The Bertz CT molecular complexity index is 400. The minimum atomic E-state index is 0. The molecule has 1 aromatic carbocycles. The van der Waals surface area contributed by atoms with E-state index in [9.17, 15) is 4.79 Å². The van der Waals surface area contributed by atoms with Crippen molar-refractivity contribution in [2.24, 2.45) is 0 Å². The predicted octanol–water partition coefficient (Wildman–Crippen LogP) is 5.96. The molecule has 1 aliphatic carbocycles. The number of rotatable bonds is 4. The number of Topliss-reactive ketones (excluding diaryl/α,β-unsaturated/α-hetero) is 1. The van der Waals surface area contributed by atoms with Crippen molar-refractivity contribution in [3.05, 3.63) is 55.2 Å². The second-order valence-corrected chi connectivity index (χ2v) is 5.99. The molecule has 0 saturated heterocycles. The number of hydrogen-bond donors (Lipinski definition) is 0. The van der Waals surface area contributed by atoms with Crippen LogP contribution in [0.3, 0.4) is 0 Å². The Labute approximate surface area is 150 Å². The van der Waals surface area contributed by atoms with Crippen molar-refractivity contribution >= 4 is 5.78 Å². The fourth-order valence-corrected chi connectivity index (χ4v) is 2.63. The quantitative estimate of drug-likeness (QED) is 0.388. The van der Waals surface area contributed by atoms with Crippen LogP contribution in [0.5, 0.6) is 0 Å². The Morgan fingerprint density at radius 3 is 1.95 bits per heavy atom. The summed E-state index contributed by atoms with van der Waals surface area (Å²) in [4.78, 5) is 11.8. The van der Waals surface area contributed by atoms with Gasteiger partial charge in [-0.05, 0) is 24.3 Å². The van der Waals surface area contributed by atoms with Crippen LogP contribution < -0.4 is 0 Å². The predicted molar refractivity (Wildman–Crippen MR) is 91.1 cm³/mol. The monoisotopic (exact) mass is 477 g/mol. The van der Waals surface area contributed by atoms with Gasteiger partial charge in [0, 0.05) is 25.6 Å². The molecule has 0 aromatic heterocycles. The van der Waals surface area contributed by atoms with Crippen LogP contribution in [0.25, 0.3) is 0 Å². The Hall–Kier alpha value is -0.604. The van der Waals surface area contributed by atoms with Gasteiger partial charge in [0.05, 0.1) is 0 Å². The van der Waals surface area contributed by atoms with E-state index < -0.39 is 0 Å². The van der Waals surface area contributed by atoms with Crippen molar-refractivity contribution < 1.29 is 24.6 Å². The number of ketones is 1. The van der Waals surface area contributed by atoms with Crippen LogP contribution >= 0.6 is 0 Å². The summed E-state index contributed by atoms with van der Waals surface area (Å²) in [6.45, 7) is 10.8. The van der Waals surface area contributed by atoms with E-state index in [4.69, 9.17) is 0 Å². The first-order valence-electron chi connectivity index (χ1n) is 8.13. The van der Waals surface area contributed by atoms with E-state index in [1.165, 1.54) is 37.7 Å². The normalized spacial score (nSPS) is 14.4. The molecule has 0 spiro atoms. The van der Waals surface area contributed by atoms with Crippen molar-refractivity contribution in [3.8, 4) is 0 Å². The van der Waals surface area contributed by atoms with Crippen LogP contribution in [0.15, 0.2) is 24.3 Å². The van der Waals surface area contributed by atoms with Crippen molar-refractivity contribution in [2.45, 2.75) is 64.7 Å². The van der Waals surface area contributed by atoms with Gasteiger partial charge in [0.1, 0.15) is 0 Å². The van der Waals surface area contributed by atoms with E-state index in [1.807, 2.05) is 26.0 Å². The first-order chi connectivity index (χ1) is 10.1. The summed E-state index contributed by atoms with van der Waals surface area (Å²) in [5, 5.41) is 0. The fraction of sp³-hybridized carbons (Fsp3) is 0.500. The van der Waals surface area contributed by atoms with E-state index in [1.54, 1.807) is 0 Å². The van der Waals surface area contributed by atoms with Crippen molar-refractivity contribution in [1.82, 2.24) is 0 Å². The van der Waals surface area contributed by atoms with E-state index in [0.29, 0.717) is 0 Å². The van der Waals surface area contributed by atoms with Crippen molar-refractivity contribution in [1.29, 1.82) is 0 Å². The van der Waals surface area contributed by atoms with E-state index in [-0.39, 0.29) is 25.6 Å². The minimum absolute atomic E-state index is 0. The standard InChI is InChI=1S/C16H21O.C4H8.Os/c1-12(2)16(17)15-10-8-14(9-11-15)13-6-4-3-5-7-13;1-3-4-2;/h8-11,13H,3-7H2,1-2H3;1-4H2;/q-1;-2;. The molecule has 0 unspecified atom stereocenters. The Morgan fingerprint density at radius 2 is 1.55 bits per heavy atom. The summed E-state index contributed by atoms with van der Waals surface area (Å²) < 4.78 is 0.